The molecule has 22 heavy (non-hydrogen) atoms. The first-order valence-electron chi connectivity index (χ1n) is 9.43. The summed E-state index contributed by atoms with van der Waals surface area (Å²) in [7, 11) is 1.46. The Hall–Kier alpha value is -0.790. The average molecular weight is 311 g/mol. The lowest BCUT2D eigenvalue weighted by Crippen LogP contribution is -1.99. The molecule has 0 aliphatic heterocycles. The third-order valence-corrected chi connectivity index (χ3v) is 4.23. The lowest BCUT2D eigenvalue weighted by Gasteiger charge is -2.03. The van der Waals surface area contributed by atoms with Crippen molar-refractivity contribution in [3.8, 4) is 0 Å². The largest absolute Gasteiger partial charge is 0.469 e. The molecule has 0 fully saturated rings. The summed E-state index contributed by atoms with van der Waals surface area (Å²) in [6.45, 7) is 4.55. The molecule has 0 saturated carbocycles. The van der Waals surface area contributed by atoms with E-state index in [2.05, 4.69) is 24.7 Å². The van der Waals surface area contributed by atoms with Crippen LogP contribution in [-0.4, -0.2) is 13.1 Å². The first-order chi connectivity index (χ1) is 10.7. The maximum Gasteiger partial charge on any atom is 0.305 e. The van der Waals surface area contributed by atoms with Crippen molar-refractivity contribution >= 4 is 5.97 Å². The normalized spacial score (nSPS) is 11.7. The summed E-state index contributed by atoms with van der Waals surface area (Å²) >= 11 is 0. The molecule has 0 spiro atoms. The second-order valence-corrected chi connectivity index (χ2v) is 6.45. The van der Waals surface area contributed by atoms with E-state index in [1.807, 2.05) is 0 Å². The van der Waals surface area contributed by atoms with Crippen molar-refractivity contribution in [1.82, 2.24) is 0 Å². The summed E-state index contributed by atoms with van der Waals surface area (Å²) in [4.78, 5) is 10.9. The number of ether oxygens (including phenoxy) is 1. The molecule has 0 aromatic rings. The van der Waals surface area contributed by atoms with E-state index in [1.165, 1.54) is 77.7 Å². The van der Waals surface area contributed by atoms with Gasteiger partial charge in [0.25, 0.3) is 0 Å². The Balaban J connectivity index is 3.27. The molecule has 0 unspecified atom stereocenters. The predicted molar refractivity (Wildman–Crippen MR) is 96.1 cm³/mol. The summed E-state index contributed by atoms with van der Waals surface area (Å²) < 4.78 is 4.64. The number of carbonyl (C=O) groups excluding carboxylic acids is 1. The van der Waals surface area contributed by atoms with Crippen LogP contribution in [0.3, 0.4) is 0 Å². The second kappa shape index (κ2) is 16.6. The summed E-state index contributed by atoms with van der Waals surface area (Å²) in [6.07, 6.45) is 19.7. The van der Waals surface area contributed by atoms with Crippen LogP contribution < -0.4 is 0 Å². The fourth-order valence-corrected chi connectivity index (χ4v) is 2.68. The fourth-order valence-electron chi connectivity index (χ4n) is 2.68. The lowest BCUT2D eigenvalue weighted by molar-refractivity contribution is -0.140. The summed E-state index contributed by atoms with van der Waals surface area (Å²) in [5.41, 5.74) is 1.58. The van der Waals surface area contributed by atoms with E-state index < -0.39 is 0 Å². The number of allylic oxidation sites excluding steroid dienone is 2. The SMILES string of the molecule is CCCCCCC=C(C)CCCCCCCCCC(=O)OC. The van der Waals surface area contributed by atoms with Crippen molar-refractivity contribution in [3.05, 3.63) is 11.6 Å². The molecule has 0 amide bonds. The van der Waals surface area contributed by atoms with Crippen LogP contribution in [0.2, 0.25) is 0 Å². The molecule has 0 aromatic heterocycles. The molecule has 0 aromatic carbocycles. The Labute approximate surface area is 138 Å². The van der Waals surface area contributed by atoms with Gasteiger partial charge in [0.15, 0.2) is 0 Å². The molecule has 2 nitrogen and oxygen atoms in total. The van der Waals surface area contributed by atoms with Crippen molar-refractivity contribution in [2.45, 2.75) is 104 Å². The number of methoxy groups -OCH3 is 1. The maximum absolute atomic E-state index is 10.9. The van der Waals surface area contributed by atoms with Crippen molar-refractivity contribution in [2.24, 2.45) is 0 Å². The van der Waals surface area contributed by atoms with E-state index in [9.17, 15) is 4.79 Å². The van der Waals surface area contributed by atoms with Crippen LogP contribution in [0, 0.1) is 0 Å². The van der Waals surface area contributed by atoms with Crippen LogP contribution in [0.25, 0.3) is 0 Å². The molecule has 0 atom stereocenters. The van der Waals surface area contributed by atoms with Gasteiger partial charge in [-0.05, 0) is 39.0 Å². The van der Waals surface area contributed by atoms with E-state index in [4.69, 9.17) is 0 Å². The molecular weight excluding hydrogens is 272 g/mol. The van der Waals surface area contributed by atoms with Gasteiger partial charge in [-0.25, -0.2) is 0 Å². The van der Waals surface area contributed by atoms with Gasteiger partial charge in [0.05, 0.1) is 7.11 Å². The molecular formula is C20H38O2. The molecule has 0 radical (unpaired) electrons. The predicted octanol–water partition coefficient (Wildman–Crippen LogP) is 6.59. The first-order valence-corrected chi connectivity index (χ1v) is 9.43. The van der Waals surface area contributed by atoms with Crippen molar-refractivity contribution in [3.63, 3.8) is 0 Å². The molecule has 0 saturated heterocycles. The van der Waals surface area contributed by atoms with E-state index in [-0.39, 0.29) is 5.97 Å². The lowest BCUT2D eigenvalue weighted by atomic mass is 10.0. The van der Waals surface area contributed by atoms with E-state index in [1.54, 1.807) is 5.57 Å². The number of esters is 1. The first kappa shape index (κ1) is 21.2. The van der Waals surface area contributed by atoms with Crippen molar-refractivity contribution < 1.29 is 9.53 Å². The average Bonchev–Trinajstić information content (AvgIpc) is 2.52. The third-order valence-electron chi connectivity index (χ3n) is 4.23. The molecule has 0 N–H and O–H groups in total. The van der Waals surface area contributed by atoms with Gasteiger partial charge in [-0.3, -0.25) is 4.79 Å². The van der Waals surface area contributed by atoms with Gasteiger partial charge >= 0.3 is 5.97 Å². The number of rotatable bonds is 15. The third kappa shape index (κ3) is 15.6. The van der Waals surface area contributed by atoms with Gasteiger partial charge in [-0.2, -0.15) is 0 Å². The molecule has 0 heterocycles. The minimum absolute atomic E-state index is 0.0723. The van der Waals surface area contributed by atoms with E-state index in [0.29, 0.717) is 6.42 Å². The molecule has 0 rings (SSSR count). The fraction of sp³-hybridized carbons (Fsp3) is 0.850. The molecule has 2 heteroatoms. The number of hydrogen-bond donors (Lipinski definition) is 0. The topological polar surface area (TPSA) is 26.3 Å². The summed E-state index contributed by atoms with van der Waals surface area (Å²) in [5, 5.41) is 0. The van der Waals surface area contributed by atoms with Crippen LogP contribution in [0.5, 0.6) is 0 Å². The highest BCUT2D eigenvalue weighted by atomic mass is 16.5. The van der Waals surface area contributed by atoms with Crippen molar-refractivity contribution in [1.29, 1.82) is 0 Å². The highest BCUT2D eigenvalue weighted by Crippen LogP contribution is 2.14. The van der Waals surface area contributed by atoms with Crippen LogP contribution in [0.4, 0.5) is 0 Å². The van der Waals surface area contributed by atoms with Gasteiger partial charge < -0.3 is 4.74 Å². The zero-order valence-corrected chi connectivity index (χ0v) is 15.3. The molecule has 0 aliphatic rings. The second-order valence-electron chi connectivity index (χ2n) is 6.45. The molecule has 0 bridgehead atoms. The maximum atomic E-state index is 10.9. The van der Waals surface area contributed by atoms with Gasteiger partial charge in [-0.1, -0.05) is 69.9 Å². The Morgan fingerprint density at radius 3 is 1.95 bits per heavy atom. The van der Waals surface area contributed by atoms with Crippen molar-refractivity contribution in [2.75, 3.05) is 7.11 Å². The number of unbranched alkanes of at least 4 members (excludes halogenated alkanes) is 10. The van der Waals surface area contributed by atoms with Crippen LogP contribution in [0.15, 0.2) is 11.6 Å². The number of carbonyl (C=O) groups is 1. The monoisotopic (exact) mass is 310 g/mol. The standard InChI is InChI=1S/C20H38O2/c1-4-5-6-10-13-16-19(2)17-14-11-8-7-9-12-15-18-20(21)22-3/h16H,4-15,17-18H2,1-3H3. The highest BCUT2D eigenvalue weighted by Gasteiger charge is 1.99. The highest BCUT2D eigenvalue weighted by molar-refractivity contribution is 5.68. The minimum Gasteiger partial charge on any atom is -0.469 e. The molecule has 0 aliphatic carbocycles. The zero-order chi connectivity index (χ0) is 16.5. The minimum atomic E-state index is -0.0723. The zero-order valence-electron chi connectivity index (χ0n) is 15.3. The van der Waals surface area contributed by atoms with Gasteiger partial charge in [0.2, 0.25) is 0 Å². The summed E-state index contributed by atoms with van der Waals surface area (Å²) in [5.74, 6) is -0.0723. The smallest absolute Gasteiger partial charge is 0.305 e. The van der Waals surface area contributed by atoms with E-state index in [0.717, 1.165) is 12.8 Å². The van der Waals surface area contributed by atoms with Crippen LogP contribution in [-0.2, 0) is 9.53 Å². The Bertz CT molecular complexity index is 281. The quantitative estimate of drug-likeness (QED) is 0.194. The van der Waals surface area contributed by atoms with Gasteiger partial charge in [-0.15, -0.1) is 0 Å². The molecule has 130 valence electrons. The Morgan fingerprint density at radius 2 is 1.36 bits per heavy atom. The van der Waals surface area contributed by atoms with Crippen LogP contribution >= 0.6 is 0 Å². The van der Waals surface area contributed by atoms with Crippen LogP contribution in [0.1, 0.15) is 104 Å². The Morgan fingerprint density at radius 1 is 0.818 bits per heavy atom. The Kier molecular flexibility index (Phi) is 16.0. The van der Waals surface area contributed by atoms with E-state index >= 15 is 0 Å². The summed E-state index contributed by atoms with van der Waals surface area (Å²) in [6, 6.07) is 0. The van der Waals surface area contributed by atoms with Gasteiger partial charge in [0.1, 0.15) is 0 Å². The van der Waals surface area contributed by atoms with Gasteiger partial charge in [0, 0.05) is 6.42 Å². The number of hydrogen-bond acceptors (Lipinski definition) is 2.